The van der Waals surface area contributed by atoms with Gasteiger partial charge in [0.05, 0.1) is 7.11 Å². The summed E-state index contributed by atoms with van der Waals surface area (Å²) in [5, 5.41) is 0. The van der Waals surface area contributed by atoms with Crippen molar-refractivity contribution in [3.63, 3.8) is 0 Å². The van der Waals surface area contributed by atoms with Gasteiger partial charge in [-0.25, -0.2) is 4.79 Å². The quantitative estimate of drug-likeness (QED) is 0.407. The Hall–Kier alpha value is -0.830. The summed E-state index contributed by atoms with van der Waals surface area (Å²) in [5.41, 5.74) is 3.55. The van der Waals surface area contributed by atoms with Crippen molar-refractivity contribution in [1.29, 1.82) is 0 Å². The van der Waals surface area contributed by atoms with E-state index in [2.05, 4.69) is 17.0 Å². The van der Waals surface area contributed by atoms with Crippen LogP contribution in [0, 0.1) is 0 Å². The van der Waals surface area contributed by atoms with Gasteiger partial charge in [0, 0.05) is 6.42 Å². The minimum absolute atomic E-state index is 0.282. The molecule has 9 heavy (non-hydrogen) atoms. The lowest BCUT2D eigenvalue weighted by Gasteiger charge is -2.00. The molecule has 0 aromatic heterocycles. The third kappa shape index (κ3) is 2.87. The lowest BCUT2D eigenvalue weighted by atomic mass is 10.2. The SMILES string of the molecule is C=CC[C@@H]([NH3+])C(=O)OC. The van der Waals surface area contributed by atoms with Crippen molar-refractivity contribution in [1.82, 2.24) is 0 Å². The minimum atomic E-state index is -0.299. The number of rotatable bonds is 3. The van der Waals surface area contributed by atoms with E-state index in [0.29, 0.717) is 6.42 Å². The Morgan fingerprint density at radius 2 is 2.56 bits per heavy atom. The van der Waals surface area contributed by atoms with Crippen LogP contribution in [0.3, 0.4) is 0 Å². The third-order valence-corrected chi connectivity index (χ3v) is 0.986. The van der Waals surface area contributed by atoms with Crippen molar-refractivity contribution in [2.75, 3.05) is 7.11 Å². The number of ether oxygens (including phenoxy) is 1. The van der Waals surface area contributed by atoms with Gasteiger partial charge in [-0.3, -0.25) is 0 Å². The lowest BCUT2D eigenvalue weighted by Crippen LogP contribution is -2.64. The van der Waals surface area contributed by atoms with Crippen LogP contribution in [-0.2, 0) is 9.53 Å². The first kappa shape index (κ1) is 8.17. The molecular formula is C6H12NO2+. The van der Waals surface area contributed by atoms with Gasteiger partial charge in [-0.2, -0.15) is 0 Å². The van der Waals surface area contributed by atoms with Crippen LogP contribution in [0.2, 0.25) is 0 Å². The fourth-order valence-electron chi connectivity index (χ4n) is 0.464. The number of carbonyl (C=O) groups is 1. The van der Waals surface area contributed by atoms with Gasteiger partial charge in [0.2, 0.25) is 0 Å². The van der Waals surface area contributed by atoms with Gasteiger partial charge in [0.25, 0.3) is 0 Å². The first-order chi connectivity index (χ1) is 4.22. The smallest absolute Gasteiger partial charge is 0.364 e. The number of hydrogen-bond acceptors (Lipinski definition) is 2. The van der Waals surface area contributed by atoms with Gasteiger partial charge >= 0.3 is 5.97 Å². The Bertz CT molecular complexity index is 112. The van der Waals surface area contributed by atoms with Crippen molar-refractivity contribution < 1.29 is 15.3 Å². The predicted octanol–water partition coefficient (Wildman–Crippen LogP) is -0.654. The lowest BCUT2D eigenvalue weighted by molar-refractivity contribution is -0.406. The fourth-order valence-corrected chi connectivity index (χ4v) is 0.464. The highest BCUT2D eigenvalue weighted by Gasteiger charge is 2.14. The van der Waals surface area contributed by atoms with E-state index in [1.54, 1.807) is 6.08 Å². The van der Waals surface area contributed by atoms with Crippen LogP contribution in [0.5, 0.6) is 0 Å². The molecule has 0 aliphatic heterocycles. The van der Waals surface area contributed by atoms with Crippen molar-refractivity contribution in [2.24, 2.45) is 0 Å². The number of carbonyl (C=O) groups excluding carboxylic acids is 1. The zero-order chi connectivity index (χ0) is 7.28. The fraction of sp³-hybridized carbons (Fsp3) is 0.500. The van der Waals surface area contributed by atoms with Crippen molar-refractivity contribution >= 4 is 5.97 Å². The van der Waals surface area contributed by atoms with E-state index < -0.39 is 0 Å². The molecule has 3 nitrogen and oxygen atoms in total. The maximum atomic E-state index is 10.6. The highest BCUT2D eigenvalue weighted by atomic mass is 16.5. The molecule has 0 aromatic carbocycles. The van der Waals surface area contributed by atoms with Crippen LogP contribution in [0.1, 0.15) is 6.42 Å². The largest absolute Gasteiger partial charge is 0.465 e. The molecule has 3 N–H and O–H groups in total. The highest BCUT2D eigenvalue weighted by Crippen LogP contribution is 1.87. The van der Waals surface area contributed by atoms with Gasteiger partial charge in [0.15, 0.2) is 6.04 Å². The van der Waals surface area contributed by atoms with E-state index in [4.69, 9.17) is 0 Å². The number of methoxy groups -OCH3 is 1. The normalized spacial score (nSPS) is 12.2. The zero-order valence-corrected chi connectivity index (χ0v) is 5.59. The molecule has 0 amide bonds. The second-order valence-corrected chi connectivity index (χ2v) is 1.74. The highest BCUT2D eigenvalue weighted by molar-refractivity contribution is 5.73. The molecule has 0 heterocycles. The Balaban J connectivity index is 3.58. The minimum Gasteiger partial charge on any atom is -0.465 e. The van der Waals surface area contributed by atoms with Crippen LogP contribution >= 0.6 is 0 Å². The van der Waals surface area contributed by atoms with Crippen LogP contribution in [-0.4, -0.2) is 19.1 Å². The molecule has 0 aliphatic carbocycles. The molecular weight excluding hydrogens is 118 g/mol. The summed E-state index contributed by atoms with van der Waals surface area (Å²) in [4.78, 5) is 10.6. The van der Waals surface area contributed by atoms with E-state index >= 15 is 0 Å². The molecule has 0 aliphatic rings. The van der Waals surface area contributed by atoms with E-state index in [1.807, 2.05) is 0 Å². The Kier molecular flexibility index (Phi) is 3.71. The van der Waals surface area contributed by atoms with Crippen molar-refractivity contribution in [3.8, 4) is 0 Å². The zero-order valence-electron chi connectivity index (χ0n) is 5.59. The molecule has 0 spiro atoms. The monoisotopic (exact) mass is 130 g/mol. The maximum absolute atomic E-state index is 10.6. The molecule has 1 atom stereocenters. The van der Waals surface area contributed by atoms with E-state index in [1.165, 1.54) is 7.11 Å². The molecule has 0 aromatic rings. The number of esters is 1. The summed E-state index contributed by atoms with van der Waals surface area (Å²) in [6, 6.07) is -0.299. The van der Waals surface area contributed by atoms with Crippen molar-refractivity contribution in [2.45, 2.75) is 12.5 Å². The summed E-state index contributed by atoms with van der Waals surface area (Å²) in [6.45, 7) is 3.47. The number of quaternary nitrogens is 1. The molecule has 3 heteroatoms. The summed E-state index contributed by atoms with van der Waals surface area (Å²) in [6.07, 6.45) is 2.22. The van der Waals surface area contributed by atoms with Crippen LogP contribution in [0.15, 0.2) is 12.7 Å². The predicted molar refractivity (Wildman–Crippen MR) is 33.5 cm³/mol. The molecule has 0 radical (unpaired) electrons. The van der Waals surface area contributed by atoms with E-state index in [9.17, 15) is 4.79 Å². The molecule has 0 saturated heterocycles. The topological polar surface area (TPSA) is 53.9 Å². The summed E-state index contributed by atoms with van der Waals surface area (Å²) < 4.78 is 4.42. The average Bonchev–Trinajstić information content (AvgIpc) is 1.87. The van der Waals surface area contributed by atoms with Gasteiger partial charge in [0.1, 0.15) is 0 Å². The van der Waals surface area contributed by atoms with Gasteiger partial charge in [-0.15, -0.1) is 6.58 Å². The standard InChI is InChI=1S/C6H11NO2/c1-3-4-5(7)6(8)9-2/h3,5H,1,4,7H2,2H3/p+1/t5-/m1/s1. The van der Waals surface area contributed by atoms with Gasteiger partial charge in [-0.05, 0) is 0 Å². The molecule has 0 bridgehead atoms. The Morgan fingerprint density at radius 3 is 2.89 bits per heavy atom. The van der Waals surface area contributed by atoms with E-state index in [0.717, 1.165) is 0 Å². The molecule has 0 unspecified atom stereocenters. The second-order valence-electron chi connectivity index (χ2n) is 1.74. The average molecular weight is 130 g/mol. The number of hydrogen-bond donors (Lipinski definition) is 1. The van der Waals surface area contributed by atoms with Gasteiger partial charge < -0.3 is 10.5 Å². The first-order valence-corrected chi connectivity index (χ1v) is 2.74. The van der Waals surface area contributed by atoms with Gasteiger partial charge in [-0.1, -0.05) is 6.08 Å². The molecule has 0 fully saturated rings. The maximum Gasteiger partial charge on any atom is 0.364 e. The Labute approximate surface area is 54.5 Å². The third-order valence-electron chi connectivity index (χ3n) is 0.986. The van der Waals surface area contributed by atoms with Crippen LogP contribution in [0.4, 0.5) is 0 Å². The molecule has 0 saturated carbocycles. The Morgan fingerprint density at radius 1 is 2.00 bits per heavy atom. The molecule has 52 valence electrons. The first-order valence-electron chi connectivity index (χ1n) is 2.74. The summed E-state index contributed by atoms with van der Waals surface area (Å²) in [5.74, 6) is -0.282. The summed E-state index contributed by atoms with van der Waals surface area (Å²) >= 11 is 0. The van der Waals surface area contributed by atoms with Crippen molar-refractivity contribution in [3.05, 3.63) is 12.7 Å². The van der Waals surface area contributed by atoms with Crippen LogP contribution in [0.25, 0.3) is 0 Å². The second kappa shape index (κ2) is 4.09. The van der Waals surface area contributed by atoms with Crippen LogP contribution < -0.4 is 5.73 Å². The van der Waals surface area contributed by atoms with E-state index in [-0.39, 0.29) is 12.0 Å². The molecule has 0 rings (SSSR count). The summed E-state index contributed by atoms with van der Waals surface area (Å²) in [7, 11) is 1.35.